The van der Waals surface area contributed by atoms with Crippen molar-refractivity contribution in [3.8, 4) is 0 Å². The Kier molecular flexibility index (Phi) is 7.38. The Morgan fingerprint density at radius 3 is 2.24 bits per heavy atom. The molecule has 3 aromatic rings. The lowest BCUT2D eigenvalue weighted by Crippen LogP contribution is -2.50. The Labute approximate surface area is 195 Å². The van der Waals surface area contributed by atoms with Crippen molar-refractivity contribution < 1.29 is 18.0 Å². The molecule has 0 aliphatic rings. The zero-order valence-corrected chi connectivity index (χ0v) is 20.1. The number of nitrogens with one attached hydrogen (secondary N) is 1. The second-order valence-electron chi connectivity index (χ2n) is 8.07. The molecule has 0 saturated heterocycles. The summed E-state index contributed by atoms with van der Waals surface area (Å²) in [6, 6.07) is 19.6. The maximum atomic E-state index is 13.5. The van der Waals surface area contributed by atoms with Gasteiger partial charge in [-0.15, -0.1) is 0 Å². The fourth-order valence-electron chi connectivity index (χ4n) is 3.70. The summed E-state index contributed by atoms with van der Waals surface area (Å²) in [5.74, 6) is -0.795. The molecule has 0 radical (unpaired) electrons. The second-order valence-corrected chi connectivity index (χ2v) is 9.97. The van der Waals surface area contributed by atoms with Crippen LogP contribution < -0.4 is 9.62 Å². The van der Waals surface area contributed by atoms with Crippen molar-refractivity contribution in [2.24, 2.45) is 0 Å². The molecule has 0 bridgehead atoms. The summed E-state index contributed by atoms with van der Waals surface area (Å²) in [5, 5.41) is 4.16. The van der Waals surface area contributed by atoms with Gasteiger partial charge in [0, 0.05) is 19.0 Å². The van der Waals surface area contributed by atoms with Crippen LogP contribution in [0.2, 0.25) is 0 Å². The monoisotopic (exact) mass is 467 g/mol. The normalized spacial score (nSPS) is 12.2. The minimum Gasteiger partial charge on any atom is -0.357 e. The summed E-state index contributed by atoms with van der Waals surface area (Å²) in [6.45, 7) is 3.36. The maximum Gasteiger partial charge on any atom is 0.244 e. The minimum atomic E-state index is -3.78. The van der Waals surface area contributed by atoms with Crippen LogP contribution in [0.1, 0.15) is 18.1 Å². The first-order valence-corrected chi connectivity index (χ1v) is 12.5. The van der Waals surface area contributed by atoms with E-state index < -0.39 is 28.5 Å². The SMILES string of the molecule is CNC(=O)[C@@H](C)N(Cc1ccc(C)cc1)C(=O)CN(c1cccc2ccccc12)S(C)(=O)=O. The van der Waals surface area contributed by atoms with Crippen molar-refractivity contribution in [2.45, 2.75) is 26.4 Å². The van der Waals surface area contributed by atoms with Crippen molar-refractivity contribution >= 4 is 38.3 Å². The fourth-order valence-corrected chi connectivity index (χ4v) is 4.56. The van der Waals surface area contributed by atoms with Crippen molar-refractivity contribution in [1.82, 2.24) is 10.2 Å². The number of nitrogens with zero attached hydrogens (tertiary/aromatic N) is 2. The zero-order valence-electron chi connectivity index (χ0n) is 19.3. The first-order chi connectivity index (χ1) is 15.6. The van der Waals surface area contributed by atoms with E-state index in [9.17, 15) is 18.0 Å². The Morgan fingerprint density at radius 2 is 1.61 bits per heavy atom. The number of aryl methyl sites for hydroxylation is 1. The number of rotatable bonds is 8. The molecule has 3 aromatic carbocycles. The molecule has 0 spiro atoms. The van der Waals surface area contributed by atoms with Gasteiger partial charge < -0.3 is 10.2 Å². The summed E-state index contributed by atoms with van der Waals surface area (Å²) in [7, 11) is -2.28. The molecular formula is C25H29N3O4S. The number of fused-ring (bicyclic) bond motifs is 1. The van der Waals surface area contributed by atoms with Gasteiger partial charge in [-0.05, 0) is 30.9 Å². The van der Waals surface area contributed by atoms with E-state index in [1.54, 1.807) is 19.1 Å². The Bertz CT molecular complexity index is 1250. The van der Waals surface area contributed by atoms with Crippen LogP contribution in [0.15, 0.2) is 66.7 Å². The molecule has 0 aliphatic heterocycles. The average Bonchev–Trinajstić information content (AvgIpc) is 2.80. The lowest BCUT2D eigenvalue weighted by atomic mass is 10.1. The van der Waals surface area contributed by atoms with Gasteiger partial charge in [-0.2, -0.15) is 0 Å². The molecular weight excluding hydrogens is 438 g/mol. The standard InChI is InChI=1S/C25H29N3O4S/c1-18-12-14-20(15-13-18)16-27(19(2)25(30)26-3)24(29)17-28(33(4,31)32)23-11-7-9-21-8-5-6-10-22(21)23/h5-15,19H,16-17H2,1-4H3,(H,26,30)/t19-/m1/s1. The number of hydrogen-bond acceptors (Lipinski definition) is 4. The van der Waals surface area contributed by atoms with Gasteiger partial charge in [0.15, 0.2) is 0 Å². The first-order valence-electron chi connectivity index (χ1n) is 10.6. The lowest BCUT2D eigenvalue weighted by Gasteiger charge is -2.31. The Balaban J connectivity index is 1.99. The van der Waals surface area contributed by atoms with Gasteiger partial charge in [0.25, 0.3) is 0 Å². The average molecular weight is 468 g/mol. The molecule has 3 rings (SSSR count). The molecule has 0 fully saturated rings. The number of carbonyl (C=O) groups is 2. The van der Waals surface area contributed by atoms with Crippen LogP contribution in [0.4, 0.5) is 5.69 Å². The molecule has 0 saturated carbocycles. The van der Waals surface area contributed by atoms with E-state index in [4.69, 9.17) is 0 Å². The van der Waals surface area contributed by atoms with Gasteiger partial charge in [0.05, 0.1) is 11.9 Å². The number of hydrogen-bond donors (Lipinski definition) is 1. The van der Waals surface area contributed by atoms with Gasteiger partial charge in [-0.25, -0.2) is 8.42 Å². The zero-order chi connectivity index (χ0) is 24.2. The van der Waals surface area contributed by atoms with Gasteiger partial charge in [-0.3, -0.25) is 13.9 Å². The molecule has 0 unspecified atom stereocenters. The van der Waals surface area contributed by atoms with Crippen molar-refractivity contribution in [2.75, 3.05) is 24.2 Å². The van der Waals surface area contributed by atoms with Crippen LogP contribution in [-0.4, -0.2) is 51.0 Å². The van der Waals surface area contributed by atoms with E-state index in [1.807, 2.05) is 61.5 Å². The van der Waals surface area contributed by atoms with E-state index in [2.05, 4.69) is 5.32 Å². The molecule has 2 amide bonds. The van der Waals surface area contributed by atoms with Gasteiger partial charge in [0.2, 0.25) is 21.8 Å². The number of amides is 2. The fraction of sp³-hybridized carbons (Fsp3) is 0.280. The van der Waals surface area contributed by atoms with Gasteiger partial charge >= 0.3 is 0 Å². The van der Waals surface area contributed by atoms with Crippen LogP contribution >= 0.6 is 0 Å². The van der Waals surface area contributed by atoms with Crippen LogP contribution in [0.25, 0.3) is 10.8 Å². The Hall–Kier alpha value is -3.39. The summed E-state index contributed by atoms with van der Waals surface area (Å²) in [6.07, 6.45) is 1.08. The maximum absolute atomic E-state index is 13.5. The first kappa shape index (κ1) is 24.3. The number of carbonyl (C=O) groups excluding carboxylic acids is 2. The summed E-state index contributed by atoms with van der Waals surface area (Å²) < 4.78 is 26.6. The van der Waals surface area contributed by atoms with E-state index in [-0.39, 0.29) is 12.5 Å². The largest absolute Gasteiger partial charge is 0.357 e. The summed E-state index contributed by atoms with van der Waals surface area (Å²) in [4.78, 5) is 27.3. The Morgan fingerprint density at radius 1 is 0.970 bits per heavy atom. The van der Waals surface area contributed by atoms with E-state index >= 15 is 0 Å². The van der Waals surface area contributed by atoms with Crippen LogP contribution in [0.3, 0.4) is 0 Å². The van der Waals surface area contributed by atoms with Crippen LogP contribution in [0, 0.1) is 6.92 Å². The van der Waals surface area contributed by atoms with Crippen LogP contribution in [0.5, 0.6) is 0 Å². The molecule has 0 aromatic heterocycles. The number of anilines is 1. The van der Waals surface area contributed by atoms with Gasteiger partial charge in [0.1, 0.15) is 12.6 Å². The number of likely N-dealkylation sites (N-methyl/N-ethyl adjacent to an activating group) is 1. The molecule has 1 N–H and O–H groups in total. The number of sulfonamides is 1. The van der Waals surface area contributed by atoms with Crippen molar-refractivity contribution in [3.05, 3.63) is 77.9 Å². The molecule has 7 nitrogen and oxygen atoms in total. The molecule has 33 heavy (non-hydrogen) atoms. The van der Waals surface area contributed by atoms with E-state index in [0.717, 1.165) is 32.5 Å². The highest BCUT2D eigenvalue weighted by Crippen LogP contribution is 2.28. The third-order valence-electron chi connectivity index (χ3n) is 5.60. The highest BCUT2D eigenvalue weighted by atomic mass is 32.2. The van der Waals surface area contributed by atoms with Crippen LogP contribution in [-0.2, 0) is 26.2 Å². The molecule has 0 heterocycles. The summed E-state index contributed by atoms with van der Waals surface area (Å²) >= 11 is 0. The smallest absolute Gasteiger partial charge is 0.244 e. The third kappa shape index (κ3) is 5.70. The predicted octanol–water partition coefficient (Wildman–Crippen LogP) is 3.08. The summed E-state index contributed by atoms with van der Waals surface area (Å²) in [5.41, 5.74) is 2.35. The second kappa shape index (κ2) is 10.0. The highest BCUT2D eigenvalue weighted by molar-refractivity contribution is 7.92. The number of benzene rings is 3. The molecule has 8 heteroatoms. The van der Waals surface area contributed by atoms with Gasteiger partial charge in [-0.1, -0.05) is 66.2 Å². The highest BCUT2D eigenvalue weighted by Gasteiger charge is 2.30. The minimum absolute atomic E-state index is 0.181. The molecule has 1 atom stereocenters. The molecule has 174 valence electrons. The third-order valence-corrected chi connectivity index (χ3v) is 6.73. The van der Waals surface area contributed by atoms with Crippen molar-refractivity contribution in [1.29, 1.82) is 0 Å². The van der Waals surface area contributed by atoms with E-state index in [1.165, 1.54) is 11.9 Å². The lowest BCUT2D eigenvalue weighted by molar-refractivity contribution is -0.139. The quantitative estimate of drug-likeness (QED) is 0.552. The topological polar surface area (TPSA) is 86.8 Å². The molecule has 0 aliphatic carbocycles. The van der Waals surface area contributed by atoms with E-state index in [0.29, 0.717) is 5.69 Å². The van der Waals surface area contributed by atoms with Crippen molar-refractivity contribution in [3.63, 3.8) is 0 Å². The predicted molar refractivity (Wildman–Crippen MR) is 131 cm³/mol.